The summed E-state index contributed by atoms with van der Waals surface area (Å²) in [4.78, 5) is 2.46. The highest BCUT2D eigenvalue weighted by Crippen LogP contribution is 2.46. The van der Waals surface area contributed by atoms with E-state index in [-0.39, 0.29) is 0 Å². The molecule has 76 valence electrons. The van der Waals surface area contributed by atoms with E-state index in [0.29, 0.717) is 18.1 Å². The monoisotopic (exact) mass is 183 g/mol. The summed E-state index contributed by atoms with van der Waals surface area (Å²) in [6.07, 6.45) is 6.83. The topological polar surface area (TPSA) is 23.5 Å². The molecule has 2 nitrogen and oxygen atoms in total. The van der Waals surface area contributed by atoms with Crippen LogP contribution in [0.2, 0.25) is 0 Å². The molecule has 2 fully saturated rings. The van der Waals surface area contributed by atoms with E-state index in [1.807, 2.05) is 0 Å². The van der Waals surface area contributed by atoms with E-state index < -0.39 is 0 Å². The fourth-order valence-electron chi connectivity index (χ4n) is 3.02. The number of likely N-dealkylation sites (tertiary alicyclic amines) is 1. The molecule has 0 unspecified atom stereocenters. The van der Waals surface area contributed by atoms with E-state index in [1.54, 1.807) is 0 Å². The SMILES string of the molecule is CC[C@H](CO)N1CC2(CCCC2)C1. The molecule has 2 heteroatoms. The van der Waals surface area contributed by atoms with Gasteiger partial charge in [0.1, 0.15) is 0 Å². The Bertz CT molecular complexity index is 163. The van der Waals surface area contributed by atoms with E-state index >= 15 is 0 Å². The zero-order valence-electron chi connectivity index (χ0n) is 8.63. The third-order valence-corrected chi connectivity index (χ3v) is 3.94. The fourth-order valence-corrected chi connectivity index (χ4v) is 3.02. The molecule has 1 N–H and O–H groups in total. The Labute approximate surface area is 80.9 Å². The van der Waals surface area contributed by atoms with Crippen molar-refractivity contribution in [2.45, 2.75) is 45.1 Å². The largest absolute Gasteiger partial charge is 0.395 e. The molecule has 2 rings (SSSR count). The molecule has 1 saturated heterocycles. The number of nitrogens with zero attached hydrogens (tertiary/aromatic N) is 1. The van der Waals surface area contributed by atoms with Crippen LogP contribution in [0, 0.1) is 5.41 Å². The van der Waals surface area contributed by atoms with Gasteiger partial charge < -0.3 is 5.11 Å². The zero-order chi connectivity index (χ0) is 9.31. The minimum atomic E-state index is 0.340. The summed E-state index contributed by atoms with van der Waals surface area (Å²) >= 11 is 0. The van der Waals surface area contributed by atoms with Gasteiger partial charge in [-0.3, -0.25) is 4.90 Å². The standard InChI is InChI=1S/C11H21NO/c1-2-10(7-13)12-8-11(9-12)5-3-4-6-11/h10,13H,2-9H2,1H3/t10-/m1/s1. The van der Waals surface area contributed by atoms with Crippen LogP contribution < -0.4 is 0 Å². The van der Waals surface area contributed by atoms with Crippen LogP contribution in [0.3, 0.4) is 0 Å². The third-order valence-electron chi connectivity index (χ3n) is 3.94. The van der Waals surface area contributed by atoms with Crippen molar-refractivity contribution in [3.8, 4) is 0 Å². The van der Waals surface area contributed by atoms with Crippen molar-refractivity contribution in [3.05, 3.63) is 0 Å². The first-order valence-corrected chi connectivity index (χ1v) is 5.64. The quantitative estimate of drug-likeness (QED) is 0.719. The Hall–Kier alpha value is -0.0800. The van der Waals surface area contributed by atoms with Crippen LogP contribution in [0.15, 0.2) is 0 Å². The number of hydrogen-bond donors (Lipinski definition) is 1. The molecule has 1 aliphatic carbocycles. The van der Waals surface area contributed by atoms with Gasteiger partial charge in [-0.1, -0.05) is 19.8 Å². The molecule has 0 bridgehead atoms. The molecular weight excluding hydrogens is 162 g/mol. The van der Waals surface area contributed by atoms with E-state index in [4.69, 9.17) is 5.11 Å². The number of hydrogen-bond acceptors (Lipinski definition) is 2. The minimum Gasteiger partial charge on any atom is -0.395 e. The van der Waals surface area contributed by atoms with E-state index in [9.17, 15) is 0 Å². The molecule has 0 aromatic rings. The predicted octanol–water partition coefficient (Wildman–Crippen LogP) is 1.63. The molecule has 1 spiro atoms. The fraction of sp³-hybridized carbons (Fsp3) is 1.00. The third kappa shape index (κ3) is 1.62. The summed E-state index contributed by atoms with van der Waals surface area (Å²) in [7, 11) is 0. The van der Waals surface area contributed by atoms with Gasteiger partial charge in [-0.25, -0.2) is 0 Å². The van der Waals surface area contributed by atoms with Crippen molar-refractivity contribution < 1.29 is 5.11 Å². The molecule has 0 aromatic heterocycles. The van der Waals surface area contributed by atoms with Crippen LogP contribution in [0.5, 0.6) is 0 Å². The maximum atomic E-state index is 9.15. The summed E-state index contributed by atoms with van der Waals surface area (Å²) in [5.74, 6) is 0. The second-order valence-electron chi connectivity index (χ2n) is 4.86. The molecule has 1 saturated carbocycles. The van der Waals surface area contributed by atoms with Crippen LogP contribution >= 0.6 is 0 Å². The van der Waals surface area contributed by atoms with Crippen molar-refractivity contribution in [2.75, 3.05) is 19.7 Å². The minimum absolute atomic E-state index is 0.340. The Morgan fingerprint density at radius 3 is 2.38 bits per heavy atom. The van der Waals surface area contributed by atoms with Gasteiger partial charge in [0.05, 0.1) is 6.61 Å². The Balaban J connectivity index is 1.82. The average molecular weight is 183 g/mol. The summed E-state index contributed by atoms with van der Waals surface area (Å²) < 4.78 is 0. The molecule has 0 radical (unpaired) electrons. The Morgan fingerprint density at radius 2 is 1.92 bits per heavy atom. The number of rotatable bonds is 3. The van der Waals surface area contributed by atoms with E-state index in [2.05, 4.69) is 11.8 Å². The predicted molar refractivity (Wildman–Crippen MR) is 53.6 cm³/mol. The summed E-state index contributed by atoms with van der Waals surface area (Å²) in [5, 5.41) is 9.15. The number of aliphatic hydroxyl groups excluding tert-OH is 1. The molecule has 13 heavy (non-hydrogen) atoms. The summed E-state index contributed by atoms with van der Waals surface area (Å²) in [6.45, 7) is 5.02. The highest BCUT2D eigenvalue weighted by Gasteiger charge is 2.46. The van der Waals surface area contributed by atoms with Gasteiger partial charge in [0.15, 0.2) is 0 Å². The van der Waals surface area contributed by atoms with Crippen molar-refractivity contribution in [2.24, 2.45) is 5.41 Å². The van der Waals surface area contributed by atoms with Gasteiger partial charge in [-0.15, -0.1) is 0 Å². The Kier molecular flexibility index (Phi) is 2.61. The lowest BCUT2D eigenvalue weighted by molar-refractivity contribution is -0.0429. The van der Waals surface area contributed by atoms with Crippen LogP contribution in [0.25, 0.3) is 0 Å². The van der Waals surface area contributed by atoms with Crippen molar-refractivity contribution in [1.82, 2.24) is 4.90 Å². The molecule has 0 aromatic carbocycles. The highest BCUT2D eigenvalue weighted by atomic mass is 16.3. The molecule has 1 aliphatic heterocycles. The summed E-state index contributed by atoms with van der Waals surface area (Å²) in [5.41, 5.74) is 0.683. The van der Waals surface area contributed by atoms with Gasteiger partial charge in [0, 0.05) is 19.1 Å². The van der Waals surface area contributed by atoms with Gasteiger partial charge in [0.2, 0.25) is 0 Å². The lowest BCUT2D eigenvalue weighted by atomic mass is 9.77. The smallest absolute Gasteiger partial charge is 0.0586 e. The number of aliphatic hydroxyl groups is 1. The first-order chi connectivity index (χ1) is 6.29. The first-order valence-electron chi connectivity index (χ1n) is 5.64. The maximum absolute atomic E-state index is 9.15. The van der Waals surface area contributed by atoms with E-state index in [1.165, 1.54) is 38.8 Å². The highest BCUT2D eigenvalue weighted by molar-refractivity contribution is 4.99. The van der Waals surface area contributed by atoms with E-state index in [0.717, 1.165) is 6.42 Å². The molecule has 2 aliphatic rings. The maximum Gasteiger partial charge on any atom is 0.0586 e. The normalized spacial score (nSPS) is 29.1. The van der Waals surface area contributed by atoms with Crippen LogP contribution in [-0.4, -0.2) is 35.7 Å². The first kappa shape index (κ1) is 9.47. The van der Waals surface area contributed by atoms with Crippen LogP contribution in [0.4, 0.5) is 0 Å². The molecule has 1 atom stereocenters. The van der Waals surface area contributed by atoms with Crippen molar-refractivity contribution in [1.29, 1.82) is 0 Å². The zero-order valence-corrected chi connectivity index (χ0v) is 8.63. The van der Waals surface area contributed by atoms with Gasteiger partial charge >= 0.3 is 0 Å². The van der Waals surface area contributed by atoms with Crippen LogP contribution in [-0.2, 0) is 0 Å². The van der Waals surface area contributed by atoms with Crippen molar-refractivity contribution >= 4 is 0 Å². The second-order valence-corrected chi connectivity index (χ2v) is 4.86. The molecule has 1 heterocycles. The Morgan fingerprint density at radius 1 is 1.31 bits per heavy atom. The van der Waals surface area contributed by atoms with Gasteiger partial charge in [-0.05, 0) is 24.7 Å². The van der Waals surface area contributed by atoms with Crippen molar-refractivity contribution in [3.63, 3.8) is 0 Å². The lowest BCUT2D eigenvalue weighted by Gasteiger charge is -2.51. The summed E-state index contributed by atoms with van der Waals surface area (Å²) in [6, 6.07) is 0.436. The van der Waals surface area contributed by atoms with Crippen LogP contribution in [0.1, 0.15) is 39.0 Å². The molecular formula is C11H21NO. The second kappa shape index (κ2) is 3.58. The van der Waals surface area contributed by atoms with Gasteiger partial charge in [-0.2, -0.15) is 0 Å². The molecule has 0 amide bonds. The lowest BCUT2D eigenvalue weighted by Crippen LogP contribution is -2.59. The van der Waals surface area contributed by atoms with Gasteiger partial charge in [0.25, 0.3) is 0 Å². The average Bonchev–Trinajstić information content (AvgIpc) is 2.54.